The second kappa shape index (κ2) is 5.20. The van der Waals surface area contributed by atoms with E-state index in [4.69, 9.17) is 0 Å². The summed E-state index contributed by atoms with van der Waals surface area (Å²) in [5.41, 5.74) is 2.11. The number of anilines is 1. The Morgan fingerprint density at radius 3 is 2.33 bits per heavy atom. The molecule has 3 nitrogen and oxygen atoms in total. The maximum atomic E-state index is 10.8. The van der Waals surface area contributed by atoms with E-state index in [1.165, 1.54) is 13.2 Å². The average Bonchev–Trinajstić information content (AvgIpc) is 2.26. The highest BCUT2D eigenvalue weighted by Crippen LogP contribution is 2.12. The maximum absolute atomic E-state index is 10.8. The first-order chi connectivity index (χ1) is 7.13. The van der Waals surface area contributed by atoms with Gasteiger partial charge in [-0.25, -0.2) is 4.79 Å². The summed E-state index contributed by atoms with van der Waals surface area (Å²) in [6, 6.07) is 7.90. The number of benzene rings is 1. The number of hydrogen-bond acceptors (Lipinski definition) is 3. The number of hydrogen-bond donors (Lipinski definition) is 0. The van der Waals surface area contributed by atoms with Gasteiger partial charge in [0.2, 0.25) is 0 Å². The van der Waals surface area contributed by atoms with Gasteiger partial charge in [-0.3, -0.25) is 0 Å². The first-order valence-electron chi connectivity index (χ1n) is 4.67. The summed E-state index contributed by atoms with van der Waals surface area (Å²) in [5, 5.41) is 0. The highest BCUT2D eigenvalue weighted by molar-refractivity contribution is 5.86. The second-order valence-electron chi connectivity index (χ2n) is 3.34. The molecule has 15 heavy (non-hydrogen) atoms. The molecule has 0 aliphatic heterocycles. The summed E-state index contributed by atoms with van der Waals surface area (Å²) in [6.45, 7) is 0. The maximum Gasteiger partial charge on any atom is 0.330 e. The van der Waals surface area contributed by atoms with Crippen molar-refractivity contribution >= 4 is 17.7 Å². The number of carbonyl (C=O) groups is 1. The van der Waals surface area contributed by atoms with Crippen molar-refractivity contribution in [1.82, 2.24) is 0 Å². The summed E-state index contributed by atoms with van der Waals surface area (Å²) in [4.78, 5) is 12.9. The molecule has 1 aromatic carbocycles. The fraction of sp³-hybridized carbons (Fsp3) is 0.250. The van der Waals surface area contributed by atoms with Crippen molar-refractivity contribution < 1.29 is 9.53 Å². The molecule has 0 unspecified atom stereocenters. The Balaban J connectivity index is 2.72. The van der Waals surface area contributed by atoms with Crippen LogP contribution in [0.2, 0.25) is 0 Å². The molecule has 1 aromatic rings. The number of esters is 1. The van der Waals surface area contributed by atoms with E-state index in [2.05, 4.69) is 4.74 Å². The van der Waals surface area contributed by atoms with E-state index in [9.17, 15) is 4.79 Å². The summed E-state index contributed by atoms with van der Waals surface area (Å²) in [6.07, 6.45) is 3.13. The van der Waals surface area contributed by atoms with Crippen LogP contribution in [0.3, 0.4) is 0 Å². The third kappa shape index (κ3) is 3.46. The minimum Gasteiger partial charge on any atom is -0.466 e. The van der Waals surface area contributed by atoms with Crippen LogP contribution >= 0.6 is 0 Å². The van der Waals surface area contributed by atoms with E-state index in [0.29, 0.717) is 0 Å². The fourth-order valence-corrected chi connectivity index (χ4v) is 1.12. The lowest BCUT2D eigenvalue weighted by atomic mass is 10.2. The summed E-state index contributed by atoms with van der Waals surface area (Å²) >= 11 is 0. The molecule has 0 radical (unpaired) electrons. The summed E-state index contributed by atoms with van der Waals surface area (Å²) in [5.74, 6) is -0.341. The number of carbonyl (C=O) groups excluding carboxylic acids is 1. The molecule has 0 saturated heterocycles. The van der Waals surface area contributed by atoms with Crippen molar-refractivity contribution in [3.8, 4) is 0 Å². The largest absolute Gasteiger partial charge is 0.466 e. The van der Waals surface area contributed by atoms with Crippen LogP contribution in [0.25, 0.3) is 6.08 Å². The monoisotopic (exact) mass is 205 g/mol. The number of rotatable bonds is 3. The first-order valence-corrected chi connectivity index (χ1v) is 4.67. The van der Waals surface area contributed by atoms with Gasteiger partial charge >= 0.3 is 5.97 Å². The van der Waals surface area contributed by atoms with Crippen LogP contribution in [0.4, 0.5) is 5.69 Å². The van der Waals surface area contributed by atoms with E-state index in [1.54, 1.807) is 6.08 Å². The van der Waals surface area contributed by atoms with Crippen LogP contribution < -0.4 is 4.90 Å². The fourth-order valence-electron chi connectivity index (χ4n) is 1.12. The molecular weight excluding hydrogens is 190 g/mol. The van der Waals surface area contributed by atoms with Gasteiger partial charge in [-0.2, -0.15) is 0 Å². The molecule has 0 heterocycles. The van der Waals surface area contributed by atoms with Crippen molar-refractivity contribution in [1.29, 1.82) is 0 Å². The number of methoxy groups -OCH3 is 1. The predicted molar refractivity (Wildman–Crippen MR) is 61.8 cm³/mol. The van der Waals surface area contributed by atoms with Crippen molar-refractivity contribution in [2.45, 2.75) is 0 Å². The second-order valence-corrected chi connectivity index (χ2v) is 3.34. The third-order valence-corrected chi connectivity index (χ3v) is 2.02. The Labute approximate surface area is 90.0 Å². The SMILES string of the molecule is COC(=O)/C=C\c1ccc(N(C)C)cc1. The highest BCUT2D eigenvalue weighted by atomic mass is 16.5. The lowest BCUT2D eigenvalue weighted by Gasteiger charge is -2.11. The minimum atomic E-state index is -0.341. The summed E-state index contributed by atoms with van der Waals surface area (Å²) in [7, 11) is 5.33. The van der Waals surface area contributed by atoms with Gasteiger partial charge in [0.25, 0.3) is 0 Å². The molecule has 0 amide bonds. The molecular formula is C12H15NO2. The zero-order chi connectivity index (χ0) is 11.3. The molecule has 1 rings (SSSR count). The molecule has 0 aliphatic carbocycles. The first kappa shape index (κ1) is 11.3. The van der Waals surface area contributed by atoms with Crippen molar-refractivity contribution in [2.24, 2.45) is 0 Å². The van der Waals surface area contributed by atoms with Crippen LogP contribution in [0, 0.1) is 0 Å². The Bertz CT molecular complexity index is 352. The van der Waals surface area contributed by atoms with E-state index >= 15 is 0 Å². The van der Waals surface area contributed by atoms with Crippen LogP contribution in [-0.4, -0.2) is 27.2 Å². The topological polar surface area (TPSA) is 29.5 Å². The smallest absolute Gasteiger partial charge is 0.330 e. The van der Waals surface area contributed by atoms with Crippen LogP contribution in [0.5, 0.6) is 0 Å². The zero-order valence-corrected chi connectivity index (χ0v) is 9.23. The van der Waals surface area contributed by atoms with Crippen molar-refractivity contribution in [2.75, 3.05) is 26.1 Å². The average molecular weight is 205 g/mol. The van der Waals surface area contributed by atoms with Gasteiger partial charge in [-0.1, -0.05) is 12.1 Å². The molecule has 0 saturated carbocycles. The number of nitrogens with zero attached hydrogens (tertiary/aromatic N) is 1. The lowest BCUT2D eigenvalue weighted by Crippen LogP contribution is -2.07. The Hall–Kier alpha value is -1.77. The molecule has 0 atom stereocenters. The molecule has 0 spiro atoms. The molecule has 0 fully saturated rings. The molecule has 0 aromatic heterocycles. The Morgan fingerprint density at radius 1 is 1.27 bits per heavy atom. The molecule has 80 valence electrons. The molecule has 3 heteroatoms. The minimum absolute atomic E-state index is 0.341. The zero-order valence-electron chi connectivity index (χ0n) is 9.23. The lowest BCUT2D eigenvalue weighted by molar-refractivity contribution is -0.134. The Morgan fingerprint density at radius 2 is 1.87 bits per heavy atom. The normalized spacial score (nSPS) is 10.3. The van der Waals surface area contributed by atoms with E-state index in [1.807, 2.05) is 43.3 Å². The predicted octanol–water partition coefficient (Wildman–Crippen LogP) is 1.94. The molecule has 0 N–H and O–H groups in total. The standard InChI is InChI=1S/C12H15NO2/c1-13(2)11-7-4-10(5-8-11)6-9-12(14)15-3/h4-9H,1-3H3/b9-6-. The van der Waals surface area contributed by atoms with Gasteiger partial charge in [0.1, 0.15) is 0 Å². The van der Waals surface area contributed by atoms with Gasteiger partial charge in [0.15, 0.2) is 0 Å². The van der Waals surface area contributed by atoms with Gasteiger partial charge in [-0.15, -0.1) is 0 Å². The van der Waals surface area contributed by atoms with Crippen molar-refractivity contribution in [3.63, 3.8) is 0 Å². The van der Waals surface area contributed by atoms with E-state index in [0.717, 1.165) is 11.3 Å². The summed E-state index contributed by atoms with van der Waals surface area (Å²) < 4.78 is 4.50. The van der Waals surface area contributed by atoms with Crippen LogP contribution in [0.15, 0.2) is 30.3 Å². The van der Waals surface area contributed by atoms with Gasteiger partial charge in [0.05, 0.1) is 7.11 Å². The van der Waals surface area contributed by atoms with E-state index < -0.39 is 0 Å². The van der Waals surface area contributed by atoms with Gasteiger partial charge < -0.3 is 9.64 Å². The van der Waals surface area contributed by atoms with Crippen LogP contribution in [-0.2, 0) is 9.53 Å². The van der Waals surface area contributed by atoms with Gasteiger partial charge in [0, 0.05) is 25.9 Å². The molecule has 0 aliphatic rings. The molecule has 0 bridgehead atoms. The number of ether oxygens (including phenoxy) is 1. The van der Waals surface area contributed by atoms with Crippen molar-refractivity contribution in [3.05, 3.63) is 35.9 Å². The van der Waals surface area contributed by atoms with E-state index in [-0.39, 0.29) is 5.97 Å². The van der Waals surface area contributed by atoms with Gasteiger partial charge in [-0.05, 0) is 23.8 Å². The Kier molecular flexibility index (Phi) is 3.92. The van der Waals surface area contributed by atoms with Crippen LogP contribution in [0.1, 0.15) is 5.56 Å². The third-order valence-electron chi connectivity index (χ3n) is 2.02. The highest BCUT2D eigenvalue weighted by Gasteiger charge is 1.94. The quantitative estimate of drug-likeness (QED) is 0.558.